The minimum Gasteiger partial charge on any atom is -0.334 e. The summed E-state index contributed by atoms with van der Waals surface area (Å²) in [4.78, 5) is 14.5. The van der Waals surface area contributed by atoms with E-state index in [2.05, 4.69) is 6.07 Å². The third-order valence-electron chi connectivity index (χ3n) is 3.79. The highest BCUT2D eigenvalue weighted by Crippen LogP contribution is 2.28. The molecule has 0 saturated carbocycles. The number of amides is 1. The molecule has 0 radical (unpaired) electrons. The van der Waals surface area contributed by atoms with E-state index < -0.39 is 0 Å². The lowest BCUT2D eigenvalue weighted by Gasteiger charge is -2.23. The number of likely N-dealkylation sites (tertiary alicyclic amines) is 1. The van der Waals surface area contributed by atoms with Crippen molar-refractivity contribution in [2.75, 3.05) is 6.54 Å². The molecule has 1 aliphatic heterocycles. The zero-order valence-corrected chi connectivity index (χ0v) is 11.1. The Morgan fingerprint density at radius 2 is 2.22 bits per heavy atom. The molecule has 1 aromatic carbocycles. The number of hydrogen-bond donors (Lipinski definition) is 1. The third-order valence-corrected chi connectivity index (χ3v) is 4.75. The molecule has 2 N–H and O–H groups in total. The van der Waals surface area contributed by atoms with Crippen LogP contribution in [0.1, 0.15) is 23.7 Å². The van der Waals surface area contributed by atoms with Gasteiger partial charge in [0.25, 0.3) is 5.91 Å². The molecule has 94 valence electrons. The Kier molecular flexibility index (Phi) is 2.84. The summed E-state index contributed by atoms with van der Waals surface area (Å²) in [6.45, 7) is 2.80. The average Bonchev–Trinajstić information content (AvgIpc) is 2.94. The molecule has 4 heteroatoms. The van der Waals surface area contributed by atoms with Crippen LogP contribution in [0, 0.1) is 0 Å². The molecule has 2 aromatic rings. The van der Waals surface area contributed by atoms with Crippen LogP contribution in [0.15, 0.2) is 29.6 Å². The van der Waals surface area contributed by atoms with Crippen molar-refractivity contribution in [3.63, 3.8) is 0 Å². The number of nitrogens with zero attached hydrogens (tertiary/aromatic N) is 1. The molecule has 0 bridgehead atoms. The molecule has 2 atom stereocenters. The average molecular weight is 260 g/mol. The first kappa shape index (κ1) is 11.7. The predicted octanol–water partition coefficient (Wildman–Crippen LogP) is 2.46. The molecule has 1 amide bonds. The lowest BCUT2D eigenvalue weighted by Crippen LogP contribution is -2.40. The lowest BCUT2D eigenvalue weighted by atomic mass is 10.1. The molecule has 1 aliphatic rings. The van der Waals surface area contributed by atoms with Gasteiger partial charge in [0, 0.05) is 34.1 Å². The first-order valence-corrected chi connectivity index (χ1v) is 7.09. The van der Waals surface area contributed by atoms with Gasteiger partial charge in [0.2, 0.25) is 0 Å². The van der Waals surface area contributed by atoms with Crippen LogP contribution >= 0.6 is 11.3 Å². The normalized spacial score (nSPS) is 23.8. The maximum atomic E-state index is 12.6. The van der Waals surface area contributed by atoms with Gasteiger partial charge in [-0.05, 0) is 19.4 Å². The maximum absolute atomic E-state index is 12.6. The van der Waals surface area contributed by atoms with Crippen molar-refractivity contribution in [3.05, 3.63) is 35.2 Å². The molecular formula is C14H16N2OS. The van der Waals surface area contributed by atoms with Crippen molar-refractivity contribution < 1.29 is 4.79 Å². The summed E-state index contributed by atoms with van der Waals surface area (Å²) in [6, 6.07) is 8.29. The summed E-state index contributed by atoms with van der Waals surface area (Å²) >= 11 is 1.62. The van der Waals surface area contributed by atoms with E-state index in [1.807, 2.05) is 35.4 Å². The Balaban J connectivity index is 1.98. The lowest BCUT2D eigenvalue weighted by molar-refractivity contribution is 0.0745. The van der Waals surface area contributed by atoms with Crippen LogP contribution in [-0.2, 0) is 0 Å². The van der Waals surface area contributed by atoms with Gasteiger partial charge in [0.05, 0.1) is 5.56 Å². The van der Waals surface area contributed by atoms with Gasteiger partial charge in [-0.1, -0.05) is 18.2 Å². The highest BCUT2D eigenvalue weighted by molar-refractivity contribution is 7.17. The van der Waals surface area contributed by atoms with E-state index in [1.54, 1.807) is 11.3 Å². The van der Waals surface area contributed by atoms with Crippen molar-refractivity contribution in [1.82, 2.24) is 4.90 Å². The molecule has 2 heterocycles. The number of carbonyl (C=O) groups is 1. The Morgan fingerprint density at radius 1 is 1.44 bits per heavy atom. The number of thiophene rings is 1. The quantitative estimate of drug-likeness (QED) is 0.856. The molecule has 18 heavy (non-hydrogen) atoms. The fourth-order valence-corrected chi connectivity index (χ4v) is 3.48. The van der Waals surface area contributed by atoms with Crippen LogP contribution in [0.3, 0.4) is 0 Å². The van der Waals surface area contributed by atoms with Gasteiger partial charge in [-0.2, -0.15) is 0 Å². The number of hydrogen-bond acceptors (Lipinski definition) is 3. The largest absolute Gasteiger partial charge is 0.334 e. The molecule has 0 spiro atoms. The van der Waals surface area contributed by atoms with Crippen molar-refractivity contribution in [2.24, 2.45) is 5.73 Å². The van der Waals surface area contributed by atoms with E-state index in [0.717, 1.165) is 28.6 Å². The number of rotatable bonds is 1. The van der Waals surface area contributed by atoms with E-state index in [-0.39, 0.29) is 18.0 Å². The van der Waals surface area contributed by atoms with Gasteiger partial charge in [-0.3, -0.25) is 4.79 Å². The Morgan fingerprint density at radius 3 is 2.94 bits per heavy atom. The van der Waals surface area contributed by atoms with Crippen molar-refractivity contribution >= 4 is 27.3 Å². The van der Waals surface area contributed by atoms with Crippen LogP contribution in [-0.4, -0.2) is 29.4 Å². The Labute approximate surface area is 110 Å². The van der Waals surface area contributed by atoms with Gasteiger partial charge < -0.3 is 10.6 Å². The van der Waals surface area contributed by atoms with Crippen LogP contribution in [0.25, 0.3) is 10.1 Å². The minimum atomic E-state index is 0.110. The van der Waals surface area contributed by atoms with Crippen molar-refractivity contribution in [2.45, 2.75) is 25.4 Å². The fraction of sp³-hybridized carbons (Fsp3) is 0.357. The molecular weight excluding hydrogens is 244 g/mol. The second-order valence-corrected chi connectivity index (χ2v) is 5.75. The highest BCUT2D eigenvalue weighted by atomic mass is 32.1. The minimum absolute atomic E-state index is 0.110. The molecule has 1 aromatic heterocycles. The zero-order chi connectivity index (χ0) is 12.7. The summed E-state index contributed by atoms with van der Waals surface area (Å²) in [5, 5.41) is 3.02. The number of benzene rings is 1. The third kappa shape index (κ3) is 1.72. The summed E-state index contributed by atoms with van der Waals surface area (Å²) in [7, 11) is 0. The monoisotopic (exact) mass is 260 g/mol. The SMILES string of the molecule is CC1C(N)CCN1C(=O)c1csc2ccccc12. The molecule has 3 nitrogen and oxygen atoms in total. The van der Waals surface area contributed by atoms with E-state index in [0.29, 0.717) is 0 Å². The first-order valence-electron chi connectivity index (χ1n) is 6.21. The smallest absolute Gasteiger partial charge is 0.255 e. The number of nitrogens with two attached hydrogens (primary N) is 1. The molecule has 3 rings (SSSR count). The second kappa shape index (κ2) is 4.37. The van der Waals surface area contributed by atoms with Crippen LogP contribution < -0.4 is 5.73 Å². The predicted molar refractivity (Wildman–Crippen MR) is 74.9 cm³/mol. The molecule has 1 saturated heterocycles. The van der Waals surface area contributed by atoms with E-state index in [1.165, 1.54) is 0 Å². The topological polar surface area (TPSA) is 46.3 Å². The first-order chi connectivity index (χ1) is 8.68. The van der Waals surface area contributed by atoms with Gasteiger partial charge >= 0.3 is 0 Å². The second-order valence-electron chi connectivity index (χ2n) is 4.84. The van der Waals surface area contributed by atoms with Crippen LogP contribution in [0.2, 0.25) is 0 Å². The number of carbonyl (C=O) groups excluding carboxylic acids is 1. The maximum Gasteiger partial charge on any atom is 0.255 e. The van der Waals surface area contributed by atoms with Gasteiger partial charge in [0.15, 0.2) is 0 Å². The van der Waals surface area contributed by atoms with E-state index in [4.69, 9.17) is 5.73 Å². The summed E-state index contributed by atoms with van der Waals surface area (Å²) in [6.07, 6.45) is 0.898. The molecule has 2 unspecified atom stereocenters. The molecule has 1 fully saturated rings. The summed E-state index contributed by atoms with van der Waals surface area (Å²) in [5.74, 6) is 0.118. The van der Waals surface area contributed by atoms with Crippen molar-refractivity contribution in [3.8, 4) is 0 Å². The van der Waals surface area contributed by atoms with Gasteiger partial charge in [-0.25, -0.2) is 0 Å². The number of fused-ring (bicyclic) bond motifs is 1. The standard InChI is InChI=1S/C14H16N2OS/c1-9-12(15)6-7-16(9)14(17)11-8-18-13-5-3-2-4-10(11)13/h2-5,8-9,12H,6-7,15H2,1H3. The van der Waals surface area contributed by atoms with Gasteiger partial charge in [0.1, 0.15) is 0 Å². The Bertz CT molecular complexity index is 592. The van der Waals surface area contributed by atoms with E-state index >= 15 is 0 Å². The van der Waals surface area contributed by atoms with Crippen molar-refractivity contribution in [1.29, 1.82) is 0 Å². The van der Waals surface area contributed by atoms with Crippen LogP contribution in [0.4, 0.5) is 0 Å². The van der Waals surface area contributed by atoms with Gasteiger partial charge in [-0.15, -0.1) is 11.3 Å². The fourth-order valence-electron chi connectivity index (χ4n) is 2.55. The Hall–Kier alpha value is -1.39. The summed E-state index contributed by atoms with van der Waals surface area (Å²) in [5.41, 5.74) is 6.80. The summed E-state index contributed by atoms with van der Waals surface area (Å²) < 4.78 is 1.16. The highest BCUT2D eigenvalue weighted by Gasteiger charge is 2.32. The van der Waals surface area contributed by atoms with Crippen LogP contribution in [0.5, 0.6) is 0 Å². The zero-order valence-electron chi connectivity index (χ0n) is 10.3. The van der Waals surface area contributed by atoms with E-state index in [9.17, 15) is 4.79 Å². The molecule has 0 aliphatic carbocycles.